The monoisotopic (exact) mass is 354 g/mol. The van der Waals surface area contributed by atoms with Gasteiger partial charge in [0.2, 0.25) is 0 Å². The first-order valence-electron chi connectivity index (χ1n) is 8.06. The maximum atomic E-state index is 13.4. The quantitative estimate of drug-likeness (QED) is 0.726. The van der Waals surface area contributed by atoms with Crippen molar-refractivity contribution >= 4 is 27.1 Å². The lowest BCUT2D eigenvalue weighted by molar-refractivity contribution is 0.415. The number of ether oxygens (including phenoxy) is 1. The lowest BCUT2D eigenvalue weighted by Crippen LogP contribution is -2.17. The van der Waals surface area contributed by atoms with Crippen molar-refractivity contribution < 1.29 is 13.2 Å². The average molecular weight is 354 g/mol. The van der Waals surface area contributed by atoms with Crippen molar-refractivity contribution in [3.05, 3.63) is 59.3 Å². The minimum Gasteiger partial charge on any atom is -0.497 e. The SMILES string of the molecule is COc1ccc2c3c(n(S(=O)(=O)c4ccc(C)cc4)c2c1)C=NCC3. The molecule has 5 nitrogen and oxygen atoms in total. The molecule has 1 aromatic heterocycles. The molecule has 0 aliphatic carbocycles. The van der Waals surface area contributed by atoms with Crippen LogP contribution in [0.4, 0.5) is 0 Å². The van der Waals surface area contributed by atoms with Crippen molar-refractivity contribution in [2.24, 2.45) is 4.99 Å². The van der Waals surface area contributed by atoms with Gasteiger partial charge in [-0.3, -0.25) is 4.99 Å². The number of hydrogen-bond acceptors (Lipinski definition) is 4. The van der Waals surface area contributed by atoms with E-state index in [9.17, 15) is 8.42 Å². The third-order valence-corrected chi connectivity index (χ3v) is 6.28. The second-order valence-electron chi connectivity index (χ2n) is 6.11. The minimum absolute atomic E-state index is 0.264. The van der Waals surface area contributed by atoms with Crippen molar-refractivity contribution in [2.45, 2.75) is 18.2 Å². The van der Waals surface area contributed by atoms with E-state index in [1.165, 1.54) is 3.97 Å². The summed E-state index contributed by atoms with van der Waals surface area (Å²) in [5, 5.41) is 0.928. The lowest BCUT2D eigenvalue weighted by atomic mass is 10.1. The maximum absolute atomic E-state index is 13.4. The summed E-state index contributed by atoms with van der Waals surface area (Å²) in [6, 6.07) is 12.4. The van der Waals surface area contributed by atoms with E-state index in [0.717, 1.165) is 22.9 Å². The molecular weight excluding hydrogens is 336 g/mol. The molecule has 0 amide bonds. The number of aromatic nitrogens is 1. The molecule has 25 heavy (non-hydrogen) atoms. The van der Waals surface area contributed by atoms with E-state index in [4.69, 9.17) is 4.74 Å². The second kappa shape index (κ2) is 5.74. The Bertz CT molecular complexity index is 1090. The Morgan fingerprint density at radius 2 is 1.88 bits per heavy atom. The van der Waals surface area contributed by atoms with E-state index in [-0.39, 0.29) is 4.90 Å². The van der Waals surface area contributed by atoms with Crippen LogP contribution in [0.2, 0.25) is 0 Å². The summed E-state index contributed by atoms with van der Waals surface area (Å²) in [4.78, 5) is 4.56. The molecule has 0 saturated carbocycles. The van der Waals surface area contributed by atoms with Gasteiger partial charge in [-0.2, -0.15) is 0 Å². The zero-order valence-electron chi connectivity index (χ0n) is 14.1. The van der Waals surface area contributed by atoms with Crippen LogP contribution >= 0.6 is 0 Å². The number of nitrogens with zero attached hydrogens (tertiary/aromatic N) is 2. The largest absolute Gasteiger partial charge is 0.497 e. The van der Waals surface area contributed by atoms with Gasteiger partial charge < -0.3 is 4.74 Å². The summed E-state index contributed by atoms with van der Waals surface area (Å²) >= 11 is 0. The van der Waals surface area contributed by atoms with E-state index < -0.39 is 10.0 Å². The molecule has 0 radical (unpaired) electrons. The summed E-state index contributed by atoms with van der Waals surface area (Å²) in [6.07, 6.45) is 2.39. The summed E-state index contributed by atoms with van der Waals surface area (Å²) in [6.45, 7) is 2.60. The Morgan fingerprint density at radius 1 is 1.12 bits per heavy atom. The standard InChI is InChI=1S/C19H18N2O3S/c1-13-3-6-15(7-4-13)25(22,23)21-18-11-14(24-2)5-8-16(18)17-9-10-20-12-19(17)21/h3-8,11-12H,9-10H2,1-2H3. The molecule has 0 spiro atoms. The normalized spacial score (nSPS) is 13.8. The Labute approximate surface area is 146 Å². The van der Waals surface area contributed by atoms with Gasteiger partial charge in [0.1, 0.15) is 5.75 Å². The van der Waals surface area contributed by atoms with Gasteiger partial charge in [-0.1, -0.05) is 17.7 Å². The van der Waals surface area contributed by atoms with Crippen molar-refractivity contribution in [1.82, 2.24) is 3.97 Å². The van der Waals surface area contributed by atoms with Crippen LogP contribution in [0.25, 0.3) is 10.9 Å². The molecule has 1 aliphatic heterocycles. The molecule has 0 atom stereocenters. The summed E-state index contributed by atoms with van der Waals surface area (Å²) in [5.41, 5.74) is 3.29. The number of rotatable bonds is 3. The van der Waals surface area contributed by atoms with Crippen LogP contribution in [0.1, 0.15) is 16.8 Å². The number of fused-ring (bicyclic) bond motifs is 3. The van der Waals surface area contributed by atoms with E-state index in [1.807, 2.05) is 19.1 Å². The van der Waals surface area contributed by atoms with Gasteiger partial charge in [-0.15, -0.1) is 0 Å². The highest BCUT2D eigenvalue weighted by Gasteiger charge is 2.27. The fraction of sp³-hybridized carbons (Fsp3) is 0.211. The first-order chi connectivity index (χ1) is 12.0. The van der Waals surface area contributed by atoms with Crippen molar-refractivity contribution in [1.29, 1.82) is 0 Å². The van der Waals surface area contributed by atoms with Gasteiger partial charge in [0.15, 0.2) is 0 Å². The third-order valence-electron chi connectivity index (χ3n) is 4.54. The molecule has 0 saturated heterocycles. The zero-order valence-corrected chi connectivity index (χ0v) is 14.9. The fourth-order valence-electron chi connectivity index (χ4n) is 3.25. The van der Waals surface area contributed by atoms with Crippen LogP contribution in [-0.4, -0.2) is 32.3 Å². The van der Waals surface area contributed by atoms with Gasteiger partial charge >= 0.3 is 0 Å². The van der Waals surface area contributed by atoms with Crippen LogP contribution in [0.5, 0.6) is 5.75 Å². The maximum Gasteiger partial charge on any atom is 0.268 e. The van der Waals surface area contributed by atoms with E-state index in [1.54, 1.807) is 43.7 Å². The lowest BCUT2D eigenvalue weighted by Gasteiger charge is -2.12. The van der Waals surface area contributed by atoms with Crippen molar-refractivity contribution in [2.75, 3.05) is 13.7 Å². The minimum atomic E-state index is -3.74. The summed E-state index contributed by atoms with van der Waals surface area (Å²) in [5.74, 6) is 0.625. The topological polar surface area (TPSA) is 60.7 Å². The number of aliphatic imine (C=N–C) groups is 1. The molecule has 3 aromatic rings. The van der Waals surface area contributed by atoms with Gasteiger partial charge in [0, 0.05) is 24.2 Å². The van der Waals surface area contributed by atoms with Crippen LogP contribution in [0.3, 0.4) is 0 Å². The molecule has 1 aliphatic rings. The Kier molecular flexibility index (Phi) is 3.65. The van der Waals surface area contributed by atoms with Crippen molar-refractivity contribution in [3.8, 4) is 5.75 Å². The van der Waals surface area contributed by atoms with E-state index in [2.05, 4.69) is 4.99 Å². The predicted molar refractivity (Wildman–Crippen MR) is 98.4 cm³/mol. The zero-order chi connectivity index (χ0) is 17.6. The second-order valence-corrected chi connectivity index (χ2v) is 7.90. The number of aryl methyl sites for hydroxylation is 1. The van der Waals surface area contributed by atoms with Crippen LogP contribution < -0.4 is 4.74 Å². The highest BCUT2D eigenvalue weighted by atomic mass is 32.2. The first-order valence-corrected chi connectivity index (χ1v) is 9.50. The number of methoxy groups -OCH3 is 1. The van der Waals surface area contributed by atoms with Crippen LogP contribution in [0, 0.1) is 6.92 Å². The van der Waals surface area contributed by atoms with Gasteiger partial charge in [0.25, 0.3) is 10.0 Å². The number of hydrogen-bond donors (Lipinski definition) is 0. The molecule has 0 bridgehead atoms. The highest BCUT2D eigenvalue weighted by molar-refractivity contribution is 7.90. The molecule has 0 unspecified atom stereocenters. The van der Waals surface area contributed by atoms with Gasteiger partial charge in [-0.25, -0.2) is 12.4 Å². The molecule has 0 fully saturated rings. The highest BCUT2D eigenvalue weighted by Crippen LogP contribution is 2.33. The summed E-state index contributed by atoms with van der Waals surface area (Å²) < 4.78 is 33.4. The molecule has 0 N–H and O–H groups in total. The molecule has 4 rings (SSSR count). The predicted octanol–water partition coefficient (Wildman–Crippen LogP) is 3.17. The fourth-order valence-corrected chi connectivity index (χ4v) is 4.76. The summed E-state index contributed by atoms with van der Waals surface area (Å²) in [7, 11) is -2.16. The van der Waals surface area contributed by atoms with Crippen LogP contribution in [0.15, 0.2) is 52.4 Å². The Morgan fingerprint density at radius 3 is 2.60 bits per heavy atom. The van der Waals surface area contributed by atoms with Crippen LogP contribution in [-0.2, 0) is 16.4 Å². The molecule has 2 heterocycles. The Hall–Kier alpha value is -2.60. The average Bonchev–Trinajstić information content (AvgIpc) is 2.96. The molecule has 2 aromatic carbocycles. The molecule has 128 valence electrons. The molecular formula is C19H18N2O3S. The first kappa shape index (κ1) is 15.9. The smallest absolute Gasteiger partial charge is 0.268 e. The van der Waals surface area contributed by atoms with Gasteiger partial charge in [-0.05, 0) is 43.2 Å². The Balaban J connectivity index is 2.06. The van der Waals surface area contributed by atoms with E-state index in [0.29, 0.717) is 23.5 Å². The molecule has 6 heteroatoms. The van der Waals surface area contributed by atoms with Gasteiger partial charge in [0.05, 0.1) is 23.2 Å². The third kappa shape index (κ3) is 2.44. The number of benzene rings is 2. The van der Waals surface area contributed by atoms with E-state index >= 15 is 0 Å². The van der Waals surface area contributed by atoms with Crippen molar-refractivity contribution in [3.63, 3.8) is 0 Å².